The minimum atomic E-state index is 0.503. The summed E-state index contributed by atoms with van der Waals surface area (Å²) in [6, 6.07) is 4.32. The monoisotopic (exact) mass is 316 g/mol. The Bertz CT molecular complexity index is 345. The highest BCUT2D eigenvalue weighted by atomic mass is 79.9. The van der Waals surface area contributed by atoms with Crippen molar-refractivity contribution in [2.24, 2.45) is 5.41 Å². The molecule has 1 atom stereocenters. The minimum Gasteiger partial charge on any atom is -0.316 e. The Hall–Kier alpha value is 0.1000. The van der Waals surface area contributed by atoms with E-state index in [-0.39, 0.29) is 0 Å². The van der Waals surface area contributed by atoms with Gasteiger partial charge < -0.3 is 10.6 Å². The van der Waals surface area contributed by atoms with Gasteiger partial charge in [0, 0.05) is 24.5 Å². The summed E-state index contributed by atoms with van der Waals surface area (Å²) in [4.78, 5) is 1.41. The van der Waals surface area contributed by atoms with Crippen molar-refractivity contribution < 1.29 is 0 Å². The van der Waals surface area contributed by atoms with Crippen LogP contribution in [0.25, 0.3) is 0 Å². The molecule has 1 aromatic heterocycles. The van der Waals surface area contributed by atoms with Gasteiger partial charge >= 0.3 is 0 Å². The molecule has 2 N–H and O–H groups in total. The lowest BCUT2D eigenvalue weighted by atomic mass is 9.82. The van der Waals surface area contributed by atoms with Gasteiger partial charge in [0.05, 0.1) is 3.79 Å². The summed E-state index contributed by atoms with van der Waals surface area (Å²) >= 11 is 5.33. The molecule has 0 saturated carbocycles. The fourth-order valence-corrected chi connectivity index (χ4v) is 4.13. The highest BCUT2D eigenvalue weighted by molar-refractivity contribution is 9.11. The molecule has 2 rings (SSSR count). The van der Waals surface area contributed by atoms with Crippen LogP contribution in [0.3, 0.4) is 0 Å². The molecule has 1 unspecified atom stereocenters. The second-order valence-electron chi connectivity index (χ2n) is 4.99. The fourth-order valence-electron chi connectivity index (χ4n) is 2.68. The zero-order valence-corrected chi connectivity index (χ0v) is 12.8. The molecule has 0 aliphatic carbocycles. The van der Waals surface area contributed by atoms with Crippen LogP contribution < -0.4 is 10.6 Å². The third kappa shape index (κ3) is 3.78. The van der Waals surface area contributed by atoms with Crippen molar-refractivity contribution in [3.63, 3.8) is 0 Å². The van der Waals surface area contributed by atoms with E-state index in [0.29, 0.717) is 5.41 Å². The van der Waals surface area contributed by atoms with Crippen molar-refractivity contribution in [2.45, 2.75) is 32.7 Å². The normalized spacial score (nSPS) is 24.4. The third-order valence-corrected chi connectivity index (χ3v) is 5.16. The summed E-state index contributed by atoms with van der Waals surface area (Å²) < 4.78 is 1.22. The van der Waals surface area contributed by atoms with Crippen molar-refractivity contribution in [1.82, 2.24) is 10.6 Å². The van der Waals surface area contributed by atoms with Crippen LogP contribution in [-0.2, 0) is 6.54 Å². The molecule has 0 amide bonds. The Kier molecular flexibility index (Phi) is 5.03. The zero-order chi connectivity index (χ0) is 12.1. The van der Waals surface area contributed by atoms with E-state index in [2.05, 4.69) is 45.6 Å². The number of nitrogens with one attached hydrogen (secondary N) is 2. The van der Waals surface area contributed by atoms with Crippen LogP contribution in [0.15, 0.2) is 15.9 Å². The number of hydrogen-bond donors (Lipinski definition) is 2. The first-order valence-corrected chi connectivity index (χ1v) is 8.01. The lowest BCUT2D eigenvalue weighted by molar-refractivity contribution is 0.276. The minimum absolute atomic E-state index is 0.503. The van der Waals surface area contributed by atoms with Crippen LogP contribution in [0.1, 0.15) is 31.1 Å². The second-order valence-corrected chi connectivity index (χ2v) is 7.53. The van der Waals surface area contributed by atoms with Gasteiger partial charge in [0.15, 0.2) is 0 Å². The highest BCUT2D eigenvalue weighted by Gasteiger charge is 2.32. The number of thiophene rings is 1. The van der Waals surface area contributed by atoms with Gasteiger partial charge in [-0.1, -0.05) is 13.3 Å². The van der Waals surface area contributed by atoms with Gasteiger partial charge in [-0.15, -0.1) is 11.3 Å². The molecular weight excluding hydrogens is 296 g/mol. The van der Waals surface area contributed by atoms with Crippen molar-refractivity contribution in [1.29, 1.82) is 0 Å². The molecule has 96 valence electrons. The fraction of sp³-hybridized carbons (Fsp3) is 0.692. The number of rotatable bonds is 6. The van der Waals surface area contributed by atoms with E-state index < -0.39 is 0 Å². The molecule has 1 aromatic rings. The Morgan fingerprint density at radius 1 is 1.53 bits per heavy atom. The predicted octanol–water partition coefficient (Wildman–Crippen LogP) is 3.38. The van der Waals surface area contributed by atoms with E-state index in [0.717, 1.165) is 13.1 Å². The Balaban J connectivity index is 1.79. The Morgan fingerprint density at radius 3 is 3.00 bits per heavy atom. The molecule has 4 heteroatoms. The Morgan fingerprint density at radius 2 is 2.41 bits per heavy atom. The Labute approximate surface area is 116 Å². The maximum Gasteiger partial charge on any atom is 0.0701 e. The van der Waals surface area contributed by atoms with Crippen LogP contribution >= 0.6 is 27.3 Å². The first-order valence-electron chi connectivity index (χ1n) is 6.40. The lowest BCUT2D eigenvalue weighted by Gasteiger charge is -2.28. The summed E-state index contributed by atoms with van der Waals surface area (Å²) in [6.07, 6.45) is 3.94. The van der Waals surface area contributed by atoms with Crippen LogP contribution in [0.5, 0.6) is 0 Å². The first kappa shape index (κ1) is 13.5. The van der Waals surface area contributed by atoms with Gasteiger partial charge in [0.2, 0.25) is 0 Å². The zero-order valence-electron chi connectivity index (χ0n) is 10.4. The van der Waals surface area contributed by atoms with E-state index in [1.807, 2.05) is 11.3 Å². The molecule has 0 aromatic carbocycles. The highest BCUT2D eigenvalue weighted by Crippen LogP contribution is 2.30. The second kappa shape index (κ2) is 6.32. The standard InChI is InChI=1S/C13H21BrN2S/c1-2-5-13(6-7-15-9-13)10-16-8-11-3-4-12(14)17-11/h3-4,15-16H,2,5-10H2,1H3. The molecule has 0 radical (unpaired) electrons. The van der Waals surface area contributed by atoms with Gasteiger partial charge in [0.1, 0.15) is 0 Å². The van der Waals surface area contributed by atoms with E-state index in [9.17, 15) is 0 Å². The quantitative estimate of drug-likeness (QED) is 0.840. The van der Waals surface area contributed by atoms with Crippen molar-refractivity contribution in [3.8, 4) is 0 Å². The van der Waals surface area contributed by atoms with Gasteiger partial charge in [0.25, 0.3) is 0 Å². The number of hydrogen-bond acceptors (Lipinski definition) is 3. The molecule has 1 aliphatic rings. The molecule has 1 fully saturated rings. The molecule has 1 aliphatic heterocycles. The van der Waals surface area contributed by atoms with Crippen LogP contribution in [0.4, 0.5) is 0 Å². The van der Waals surface area contributed by atoms with Crippen LogP contribution in [0, 0.1) is 5.41 Å². The van der Waals surface area contributed by atoms with Gasteiger partial charge in [-0.25, -0.2) is 0 Å². The van der Waals surface area contributed by atoms with Crippen LogP contribution in [-0.4, -0.2) is 19.6 Å². The SMILES string of the molecule is CCCC1(CNCc2ccc(Br)s2)CCNC1. The van der Waals surface area contributed by atoms with Gasteiger partial charge in [-0.3, -0.25) is 0 Å². The lowest BCUT2D eigenvalue weighted by Crippen LogP contribution is -2.35. The molecule has 17 heavy (non-hydrogen) atoms. The van der Waals surface area contributed by atoms with E-state index in [4.69, 9.17) is 0 Å². The van der Waals surface area contributed by atoms with Gasteiger partial charge in [-0.05, 0) is 52.9 Å². The largest absolute Gasteiger partial charge is 0.316 e. The third-order valence-electron chi connectivity index (χ3n) is 3.54. The van der Waals surface area contributed by atoms with E-state index in [1.165, 1.54) is 41.0 Å². The predicted molar refractivity (Wildman–Crippen MR) is 78.6 cm³/mol. The molecule has 0 bridgehead atoms. The molecular formula is C13H21BrN2S. The molecule has 2 nitrogen and oxygen atoms in total. The molecule has 2 heterocycles. The van der Waals surface area contributed by atoms with E-state index >= 15 is 0 Å². The summed E-state index contributed by atoms with van der Waals surface area (Å²) in [7, 11) is 0. The summed E-state index contributed by atoms with van der Waals surface area (Å²) in [5, 5.41) is 7.14. The van der Waals surface area contributed by atoms with Crippen molar-refractivity contribution in [2.75, 3.05) is 19.6 Å². The maximum absolute atomic E-state index is 3.63. The van der Waals surface area contributed by atoms with Gasteiger partial charge in [-0.2, -0.15) is 0 Å². The average molecular weight is 317 g/mol. The molecule has 0 spiro atoms. The van der Waals surface area contributed by atoms with E-state index in [1.54, 1.807) is 0 Å². The summed E-state index contributed by atoms with van der Waals surface area (Å²) in [5.74, 6) is 0. The summed E-state index contributed by atoms with van der Waals surface area (Å²) in [6.45, 7) is 6.80. The van der Waals surface area contributed by atoms with Crippen LogP contribution in [0.2, 0.25) is 0 Å². The first-order chi connectivity index (χ1) is 8.24. The molecule has 1 saturated heterocycles. The van der Waals surface area contributed by atoms with Crippen molar-refractivity contribution in [3.05, 3.63) is 20.8 Å². The number of halogens is 1. The topological polar surface area (TPSA) is 24.1 Å². The smallest absolute Gasteiger partial charge is 0.0701 e. The van der Waals surface area contributed by atoms with Crippen molar-refractivity contribution >= 4 is 27.3 Å². The summed E-state index contributed by atoms with van der Waals surface area (Å²) in [5.41, 5.74) is 0.503. The average Bonchev–Trinajstić information content (AvgIpc) is 2.90. The maximum atomic E-state index is 3.63.